The van der Waals surface area contributed by atoms with Crippen LogP contribution in [-0.4, -0.2) is 9.13 Å². The Balaban J connectivity index is 1.12. The average molecular weight is 633 g/mol. The number of aromatic nitrogens is 4. The summed E-state index contributed by atoms with van der Waals surface area (Å²) in [6, 6.07) is 9.06. The van der Waals surface area contributed by atoms with E-state index >= 15 is 0 Å². The van der Waals surface area contributed by atoms with Crippen molar-refractivity contribution in [3.8, 4) is 11.1 Å². The van der Waals surface area contributed by atoms with Gasteiger partial charge in [0.1, 0.15) is 13.1 Å². The van der Waals surface area contributed by atoms with Gasteiger partial charge in [-0.15, -0.1) is 0 Å². The fraction of sp³-hybridized carbons (Fsp3) is 0.412. The van der Waals surface area contributed by atoms with Crippen molar-refractivity contribution in [3.63, 3.8) is 0 Å². The minimum atomic E-state index is 1.08. The molecule has 8 heteroatoms. The normalized spacial score (nSPS) is 17.5. The predicted octanol–water partition coefficient (Wildman–Crippen LogP) is 9.04. The molecule has 0 amide bonds. The van der Waals surface area contributed by atoms with Crippen LogP contribution in [0.3, 0.4) is 0 Å². The van der Waals surface area contributed by atoms with Gasteiger partial charge in [0.25, 0.3) is 0 Å². The summed E-state index contributed by atoms with van der Waals surface area (Å²) in [6.45, 7) is 13.7. The third-order valence-corrected chi connectivity index (χ3v) is 15.2. The Morgan fingerprint density at radius 3 is 1.14 bits per heavy atom. The number of aryl methyl sites for hydroxylation is 2. The van der Waals surface area contributed by atoms with Crippen molar-refractivity contribution < 1.29 is 9.13 Å². The van der Waals surface area contributed by atoms with E-state index in [1.54, 1.807) is 0 Å². The van der Waals surface area contributed by atoms with E-state index in [1.165, 1.54) is 100 Å². The van der Waals surface area contributed by atoms with E-state index in [0.29, 0.717) is 0 Å². The first-order valence-corrected chi connectivity index (χ1v) is 18.6. The summed E-state index contributed by atoms with van der Waals surface area (Å²) >= 11 is 8.06. The van der Waals surface area contributed by atoms with E-state index in [4.69, 9.17) is 0 Å². The maximum atomic E-state index is 2.58. The molecule has 0 N–H and O–H groups in total. The fourth-order valence-electron chi connectivity index (χ4n) is 6.46. The second-order valence-electron chi connectivity index (χ2n) is 11.7. The molecule has 18 rings (SSSR count). The third kappa shape index (κ3) is 5.42. The van der Waals surface area contributed by atoms with Gasteiger partial charge in [0.05, 0.1) is 8.47 Å². The molecule has 12 bridgehead atoms. The van der Waals surface area contributed by atoms with Gasteiger partial charge < -0.3 is 9.13 Å². The highest BCUT2D eigenvalue weighted by Gasteiger charge is 2.34. The van der Waals surface area contributed by atoms with Crippen molar-refractivity contribution in [1.29, 1.82) is 0 Å². The Morgan fingerprint density at radius 2 is 0.810 bits per heavy atom. The second-order valence-corrected chi connectivity index (χ2v) is 16.3. The molecule has 0 fully saturated rings. The van der Waals surface area contributed by atoms with Crippen molar-refractivity contribution in [2.75, 3.05) is 0 Å². The van der Waals surface area contributed by atoms with E-state index in [0.717, 1.165) is 26.2 Å². The SMILES string of the molecule is Cc1c2c3c(C)n1CCCCC[n+]1ccc(cc1)-c1cc[n+](cc1)CCCCCn1c(C)c4c(c1C)SC(=C(S2)S3)S4. The molecule has 4 aromatic rings. The number of nitrogens with zero attached hydrogens (tertiary/aromatic N) is 4. The lowest BCUT2D eigenvalue weighted by Gasteiger charge is -2.12. The van der Waals surface area contributed by atoms with Crippen molar-refractivity contribution >= 4 is 47.0 Å². The lowest BCUT2D eigenvalue weighted by molar-refractivity contribution is -0.697. The summed E-state index contributed by atoms with van der Waals surface area (Å²) < 4.78 is 12.8. The van der Waals surface area contributed by atoms with Crippen LogP contribution in [0.4, 0.5) is 0 Å². The largest absolute Gasteiger partial charge is 0.347 e. The van der Waals surface area contributed by atoms with E-state index in [9.17, 15) is 0 Å². The van der Waals surface area contributed by atoms with Gasteiger partial charge in [0.2, 0.25) is 0 Å². The molecule has 4 aromatic heterocycles. The fourth-order valence-corrected chi connectivity index (χ4v) is 12.4. The van der Waals surface area contributed by atoms with Crippen LogP contribution in [0.25, 0.3) is 11.1 Å². The average Bonchev–Trinajstić information content (AvgIpc) is 3.74. The highest BCUT2D eigenvalue weighted by Crippen LogP contribution is 2.64. The van der Waals surface area contributed by atoms with Crippen molar-refractivity contribution in [2.24, 2.45) is 0 Å². The quantitative estimate of drug-likeness (QED) is 0.180. The summed E-state index contributed by atoms with van der Waals surface area (Å²) in [6.07, 6.45) is 16.4. The zero-order valence-electron chi connectivity index (χ0n) is 25.1. The molecule has 0 unspecified atom stereocenters. The minimum absolute atomic E-state index is 1.08. The molecule has 218 valence electrons. The van der Waals surface area contributed by atoms with Crippen LogP contribution < -0.4 is 9.13 Å². The van der Waals surface area contributed by atoms with Crippen LogP contribution >= 0.6 is 47.0 Å². The van der Waals surface area contributed by atoms with Gasteiger partial charge in [-0.25, -0.2) is 9.13 Å². The first-order chi connectivity index (χ1) is 20.5. The Morgan fingerprint density at radius 1 is 0.476 bits per heavy atom. The molecule has 0 aliphatic carbocycles. The predicted molar refractivity (Wildman–Crippen MR) is 178 cm³/mol. The molecule has 14 aliphatic heterocycles. The number of hydrogen-bond acceptors (Lipinski definition) is 4. The summed E-state index contributed by atoms with van der Waals surface area (Å²) in [5, 5.41) is 0. The van der Waals surface area contributed by atoms with E-state index in [-0.39, 0.29) is 0 Å². The topological polar surface area (TPSA) is 17.6 Å². The summed E-state index contributed by atoms with van der Waals surface area (Å²) in [4.78, 5) is 5.97. The zero-order valence-corrected chi connectivity index (χ0v) is 28.4. The van der Waals surface area contributed by atoms with Gasteiger partial charge in [0, 0.05) is 92.6 Å². The second kappa shape index (κ2) is 12.2. The Bertz CT molecular complexity index is 1470. The Labute approximate surface area is 267 Å². The minimum Gasteiger partial charge on any atom is -0.347 e. The van der Waals surface area contributed by atoms with Gasteiger partial charge in [-0.1, -0.05) is 47.0 Å². The highest BCUT2D eigenvalue weighted by molar-refractivity contribution is 8.30. The third-order valence-electron chi connectivity index (χ3n) is 9.00. The van der Waals surface area contributed by atoms with Crippen LogP contribution in [0.2, 0.25) is 0 Å². The van der Waals surface area contributed by atoms with Crippen LogP contribution in [-0.2, 0) is 26.2 Å². The molecule has 14 aliphatic rings. The smallest absolute Gasteiger partial charge is 0.169 e. The summed E-state index contributed by atoms with van der Waals surface area (Å²) in [7, 11) is 0. The van der Waals surface area contributed by atoms with Gasteiger partial charge in [0.15, 0.2) is 24.8 Å². The van der Waals surface area contributed by atoms with E-state index in [2.05, 4.69) is 95.0 Å². The van der Waals surface area contributed by atoms with Crippen LogP contribution in [0.1, 0.15) is 61.3 Å². The Hall–Kier alpha value is -2.00. The molecule has 4 nitrogen and oxygen atoms in total. The van der Waals surface area contributed by atoms with Crippen molar-refractivity contribution in [1.82, 2.24) is 9.13 Å². The maximum Gasteiger partial charge on any atom is 0.169 e. The molecule has 0 aromatic carbocycles. The lowest BCUT2D eigenvalue weighted by Crippen LogP contribution is -2.33. The Kier molecular flexibility index (Phi) is 8.34. The van der Waals surface area contributed by atoms with E-state index < -0.39 is 0 Å². The van der Waals surface area contributed by atoms with Gasteiger partial charge in [-0.05, 0) is 64.5 Å². The lowest BCUT2D eigenvalue weighted by atomic mass is 10.1. The molecule has 0 radical (unpaired) electrons. The number of hydrogen-bond donors (Lipinski definition) is 0. The monoisotopic (exact) mass is 632 g/mol. The van der Waals surface area contributed by atoms with Crippen LogP contribution in [0.15, 0.2) is 77.1 Å². The zero-order chi connectivity index (χ0) is 28.8. The molecule has 0 saturated carbocycles. The van der Waals surface area contributed by atoms with Crippen LogP contribution in [0.5, 0.6) is 0 Å². The molecular formula is C34H40N4S4+2. The first-order valence-electron chi connectivity index (χ1n) is 15.3. The van der Waals surface area contributed by atoms with Gasteiger partial charge in [-0.3, -0.25) is 0 Å². The molecule has 0 atom stereocenters. The number of rotatable bonds is 0. The summed E-state index contributed by atoms with van der Waals surface area (Å²) in [5.41, 5.74) is 8.38. The maximum absolute atomic E-state index is 2.58. The van der Waals surface area contributed by atoms with E-state index in [1.807, 2.05) is 47.0 Å². The number of thioether (sulfide) groups is 4. The molecular weight excluding hydrogens is 593 g/mol. The number of pyridine rings is 2. The molecule has 0 spiro atoms. The van der Waals surface area contributed by atoms with Crippen LogP contribution in [0, 0.1) is 27.7 Å². The van der Waals surface area contributed by atoms with Gasteiger partial charge in [-0.2, -0.15) is 0 Å². The standard InChI is InChI=1S/C34H40N4S4/c1-23-29-30-24(2)37(23)17-9-5-7-15-35-19-11-27(12-20-35)28-13-21-36(22-14-28)16-8-6-10-18-38-25(3)31-32(26(38)4)42-34(41-31)33(39-29)40-30/h11-14,19-22H,5-10,15-18H2,1-4H3/q+2. The molecule has 42 heavy (non-hydrogen) atoms. The summed E-state index contributed by atoms with van der Waals surface area (Å²) in [5.74, 6) is 0. The first kappa shape index (κ1) is 28.8. The molecule has 18 heterocycles. The van der Waals surface area contributed by atoms with Crippen molar-refractivity contribution in [2.45, 2.75) is 112 Å². The van der Waals surface area contributed by atoms with Crippen molar-refractivity contribution in [3.05, 3.63) is 80.3 Å². The highest BCUT2D eigenvalue weighted by atomic mass is 32.2. The van der Waals surface area contributed by atoms with Gasteiger partial charge >= 0.3 is 0 Å². The molecule has 0 saturated heterocycles.